The summed E-state index contributed by atoms with van der Waals surface area (Å²) in [6, 6.07) is 10.3. The van der Waals surface area contributed by atoms with E-state index >= 15 is 0 Å². The number of thiophene rings is 1. The van der Waals surface area contributed by atoms with Gasteiger partial charge in [0.25, 0.3) is 10.0 Å². The monoisotopic (exact) mass is 468 g/mol. The first-order valence-corrected chi connectivity index (χ1v) is 11.2. The smallest absolute Gasteiger partial charge is 0.360 e. The Bertz CT molecular complexity index is 1300. The fraction of sp³-hybridized carbons (Fsp3) is 0.158. The molecule has 0 saturated heterocycles. The molecule has 0 spiro atoms. The molecule has 0 fully saturated rings. The van der Waals surface area contributed by atoms with Crippen LogP contribution in [0.1, 0.15) is 17.1 Å². The van der Waals surface area contributed by atoms with Crippen LogP contribution in [0.4, 0.5) is 18.9 Å². The van der Waals surface area contributed by atoms with Crippen molar-refractivity contribution in [2.45, 2.75) is 24.9 Å². The number of rotatable bonds is 5. The molecule has 0 atom stereocenters. The Labute approximate surface area is 179 Å². The summed E-state index contributed by atoms with van der Waals surface area (Å²) in [5.41, 5.74) is 0.0627. The number of aromatic nitrogens is 3. The molecule has 3 aromatic heterocycles. The zero-order chi connectivity index (χ0) is 22.4. The summed E-state index contributed by atoms with van der Waals surface area (Å²) in [6.07, 6.45) is -4.60. The highest BCUT2D eigenvalue weighted by Gasteiger charge is 2.35. The van der Waals surface area contributed by atoms with Crippen LogP contribution in [0.2, 0.25) is 0 Å². The summed E-state index contributed by atoms with van der Waals surface area (Å²) in [5.74, 6) is 0.151. The first-order chi connectivity index (χ1) is 14.6. The summed E-state index contributed by atoms with van der Waals surface area (Å²) in [4.78, 5) is 0.560. The van der Waals surface area contributed by atoms with Gasteiger partial charge in [0, 0.05) is 5.69 Å². The van der Waals surface area contributed by atoms with E-state index in [9.17, 15) is 21.6 Å². The zero-order valence-corrected chi connectivity index (χ0v) is 17.8. The van der Waals surface area contributed by atoms with Gasteiger partial charge in [-0.2, -0.15) is 18.3 Å². The Balaban J connectivity index is 1.68. The zero-order valence-electron chi connectivity index (χ0n) is 16.1. The third-order valence-electron chi connectivity index (χ3n) is 4.37. The number of alkyl halides is 3. The van der Waals surface area contributed by atoms with Crippen LogP contribution < -0.4 is 4.72 Å². The summed E-state index contributed by atoms with van der Waals surface area (Å²) >= 11 is 1.29. The van der Waals surface area contributed by atoms with Crippen LogP contribution in [-0.2, 0) is 16.2 Å². The number of anilines is 1. The number of nitrogens with zero attached hydrogens (tertiary/aromatic N) is 3. The average molecular weight is 468 g/mol. The van der Waals surface area contributed by atoms with Gasteiger partial charge in [0.2, 0.25) is 0 Å². The molecule has 0 amide bonds. The molecule has 0 aliphatic carbocycles. The van der Waals surface area contributed by atoms with E-state index < -0.39 is 21.9 Å². The maximum absolute atomic E-state index is 13.2. The summed E-state index contributed by atoms with van der Waals surface area (Å²) in [6.45, 7) is 3.00. The molecule has 3 heterocycles. The highest BCUT2D eigenvalue weighted by molar-refractivity contribution is 7.92. The van der Waals surface area contributed by atoms with E-state index in [-0.39, 0.29) is 27.7 Å². The second-order valence-corrected chi connectivity index (χ2v) is 9.17. The van der Waals surface area contributed by atoms with E-state index in [1.807, 2.05) is 0 Å². The van der Waals surface area contributed by atoms with E-state index in [1.54, 1.807) is 17.5 Å². The normalized spacial score (nSPS) is 12.3. The minimum Gasteiger partial charge on any atom is -0.360 e. The lowest BCUT2D eigenvalue weighted by molar-refractivity contribution is -0.141. The molecule has 31 heavy (non-hydrogen) atoms. The topological polar surface area (TPSA) is 90.0 Å². The lowest BCUT2D eigenvalue weighted by Gasteiger charge is -2.10. The fourth-order valence-corrected chi connectivity index (χ4v) is 5.17. The van der Waals surface area contributed by atoms with Gasteiger partial charge in [-0.15, -0.1) is 11.3 Å². The number of sulfonamides is 1. The molecule has 4 aromatic rings. The Morgan fingerprint density at radius 2 is 1.84 bits per heavy atom. The van der Waals surface area contributed by atoms with Crippen LogP contribution in [0, 0.1) is 13.8 Å². The van der Waals surface area contributed by atoms with Gasteiger partial charge in [0.05, 0.1) is 16.3 Å². The molecule has 162 valence electrons. The van der Waals surface area contributed by atoms with Crippen molar-refractivity contribution in [2.24, 2.45) is 0 Å². The second kappa shape index (κ2) is 7.54. The van der Waals surface area contributed by atoms with Crippen LogP contribution in [0.5, 0.6) is 0 Å². The Hall–Kier alpha value is -3.12. The average Bonchev–Trinajstić information content (AvgIpc) is 3.41. The second-order valence-electron chi connectivity index (χ2n) is 6.61. The summed E-state index contributed by atoms with van der Waals surface area (Å²) < 4.78 is 73.4. The maximum atomic E-state index is 13.2. The van der Waals surface area contributed by atoms with E-state index in [0.717, 1.165) is 6.07 Å². The molecular weight excluding hydrogens is 453 g/mol. The fourth-order valence-electron chi connectivity index (χ4n) is 3.05. The van der Waals surface area contributed by atoms with Crippen LogP contribution in [0.25, 0.3) is 16.3 Å². The Morgan fingerprint density at radius 3 is 2.39 bits per heavy atom. The predicted molar refractivity (Wildman–Crippen MR) is 109 cm³/mol. The van der Waals surface area contributed by atoms with E-state index in [0.29, 0.717) is 10.6 Å². The molecule has 1 N–H and O–H groups in total. The minimum absolute atomic E-state index is 0.0570. The third kappa shape index (κ3) is 4.08. The first kappa shape index (κ1) is 21.1. The van der Waals surface area contributed by atoms with Crippen molar-refractivity contribution in [1.82, 2.24) is 14.9 Å². The van der Waals surface area contributed by atoms with Crippen LogP contribution >= 0.6 is 11.3 Å². The van der Waals surface area contributed by atoms with Crippen molar-refractivity contribution in [3.63, 3.8) is 0 Å². The molecule has 7 nitrogen and oxygen atoms in total. The molecule has 0 aliphatic heterocycles. The summed E-state index contributed by atoms with van der Waals surface area (Å²) in [7, 11) is -3.94. The van der Waals surface area contributed by atoms with Crippen LogP contribution in [0.15, 0.2) is 57.3 Å². The van der Waals surface area contributed by atoms with E-state index in [2.05, 4.69) is 15.0 Å². The van der Waals surface area contributed by atoms with Gasteiger partial charge >= 0.3 is 6.18 Å². The van der Waals surface area contributed by atoms with Gasteiger partial charge in [-0.1, -0.05) is 11.2 Å². The van der Waals surface area contributed by atoms with Gasteiger partial charge in [0.15, 0.2) is 16.3 Å². The number of hydrogen-bond acceptors (Lipinski definition) is 6. The van der Waals surface area contributed by atoms with Crippen molar-refractivity contribution in [1.29, 1.82) is 0 Å². The first-order valence-electron chi connectivity index (χ1n) is 8.83. The summed E-state index contributed by atoms with van der Waals surface area (Å²) in [5, 5.41) is 9.11. The van der Waals surface area contributed by atoms with Gasteiger partial charge in [-0.3, -0.25) is 4.72 Å². The lowest BCUT2D eigenvalue weighted by atomic mass is 10.2. The van der Waals surface area contributed by atoms with E-state index in [1.165, 1.54) is 54.1 Å². The number of aryl methyl sites for hydroxylation is 2. The minimum atomic E-state index is -4.60. The van der Waals surface area contributed by atoms with Gasteiger partial charge < -0.3 is 4.52 Å². The quantitative estimate of drug-likeness (QED) is 0.444. The standard InChI is InChI=1S/C19H15F3N4O3S2/c1-11-18(12(2)29-24-11)31(27,28)25-13-5-7-14(8-6-13)26-15(16-4-3-9-30-16)10-17(23-26)19(20,21)22/h3-10,25H,1-2H3. The number of hydrogen-bond donors (Lipinski definition) is 1. The molecule has 0 aliphatic rings. The predicted octanol–water partition coefficient (Wildman–Crippen LogP) is 5.03. The van der Waals surface area contributed by atoms with Gasteiger partial charge in [-0.25, -0.2) is 13.1 Å². The number of nitrogens with one attached hydrogen (secondary N) is 1. The van der Waals surface area contributed by atoms with Crippen LogP contribution in [0.3, 0.4) is 0 Å². The van der Waals surface area contributed by atoms with Gasteiger partial charge in [0.1, 0.15) is 5.69 Å². The maximum Gasteiger partial charge on any atom is 0.435 e. The molecule has 12 heteroatoms. The Morgan fingerprint density at radius 1 is 1.13 bits per heavy atom. The molecular formula is C19H15F3N4O3S2. The molecule has 0 bridgehead atoms. The van der Waals surface area contributed by atoms with Crippen LogP contribution in [-0.4, -0.2) is 23.4 Å². The largest absolute Gasteiger partial charge is 0.435 e. The van der Waals surface area contributed by atoms with Crippen molar-refractivity contribution >= 4 is 27.0 Å². The van der Waals surface area contributed by atoms with Crippen molar-refractivity contribution in [3.8, 4) is 16.3 Å². The molecule has 0 saturated carbocycles. The third-order valence-corrected chi connectivity index (χ3v) is 6.89. The van der Waals surface area contributed by atoms with Crippen molar-refractivity contribution in [3.05, 3.63) is 65.0 Å². The van der Waals surface area contributed by atoms with Crippen molar-refractivity contribution in [2.75, 3.05) is 4.72 Å². The SMILES string of the molecule is Cc1noc(C)c1S(=O)(=O)Nc1ccc(-n2nc(C(F)(F)F)cc2-c2cccs2)cc1. The molecule has 4 rings (SSSR count). The molecule has 1 aromatic carbocycles. The molecule has 0 unspecified atom stereocenters. The highest BCUT2D eigenvalue weighted by atomic mass is 32.2. The number of benzene rings is 1. The molecule has 0 radical (unpaired) electrons. The van der Waals surface area contributed by atoms with Crippen molar-refractivity contribution < 1.29 is 26.1 Å². The number of halogens is 3. The highest BCUT2D eigenvalue weighted by Crippen LogP contribution is 2.35. The lowest BCUT2D eigenvalue weighted by Crippen LogP contribution is -2.14. The Kier molecular flexibility index (Phi) is 5.13. The van der Waals surface area contributed by atoms with Gasteiger partial charge in [-0.05, 0) is 55.6 Å². The van der Waals surface area contributed by atoms with E-state index in [4.69, 9.17) is 4.52 Å².